The molecular formula is C16H17NO2S. The number of rotatable bonds is 4. The lowest BCUT2D eigenvalue weighted by Crippen LogP contribution is -2.11. The van der Waals surface area contributed by atoms with Crippen molar-refractivity contribution in [3.05, 3.63) is 53.6 Å². The van der Waals surface area contributed by atoms with Crippen LogP contribution in [0.25, 0.3) is 0 Å². The number of aryl methyl sites for hydroxylation is 1. The Labute approximate surface area is 124 Å². The Morgan fingerprint density at radius 3 is 2.30 bits per heavy atom. The van der Waals surface area contributed by atoms with Crippen LogP contribution in [0.5, 0.6) is 11.5 Å². The van der Waals surface area contributed by atoms with Gasteiger partial charge in [0.1, 0.15) is 16.5 Å². The number of thiocarbonyl (C=S) groups is 1. The lowest BCUT2D eigenvalue weighted by molar-refractivity contribution is 0.395. The minimum Gasteiger partial charge on any atom is -0.497 e. The van der Waals surface area contributed by atoms with Crippen LogP contribution in [0.2, 0.25) is 0 Å². The molecule has 0 heterocycles. The summed E-state index contributed by atoms with van der Waals surface area (Å²) in [6.45, 7) is 2.05. The second-order valence-corrected chi connectivity index (χ2v) is 4.79. The zero-order valence-electron chi connectivity index (χ0n) is 11.8. The van der Waals surface area contributed by atoms with Gasteiger partial charge in [-0.2, -0.15) is 0 Å². The smallest absolute Gasteiger partial charge is 0.146 e. The Hall–Kier alpha value is -2.07. The van der Waals surface area contributed by atoms with Crippen molar-refractivity contribution in [2.24, 2.45) is 0 Å². The van der Waals surface area contributed by atoms with Crippen molar-refractivity contribution in [3.63, 3.8) is 0 Å². The van der Waals surface area contributed by atoms with Crippen molar-refractivity contribution in [1.82, 2.24) is 0 Å². The molecule has 0 aromatic heterocycles. The average molecular weight is 287 g/mol. The third-order valence-corrected chi connectivity index (χ3v) is 3.31. The summed E-state index contributed by atoms with van der Waals surface area (Å²) >= 11 is 5.42. The predicted molar refractivity (Wildman–Crippen MR) is 86.0 cm³/mol. The van der Waals surface area contributed by atoms with Gasteiger partial charge in [-0.05, 0) is 19.1 Å². The van der Waals surface area contributed by atoms with E-state index in [9.17, 15) is 0 Å². The van der Waals surface area contributed by atoms with Crippen LogP contribution in [0.15, 0.2) is 42.5 Å². The molecule has 2 aromatic rings. The Kier molecular flexibility index (Phi) is 4.58. The number of benzene rings is 2. The van der Waals surface area contributed by atoms with Gasteiger partial charge in [0.2, 0.25) is 0 Å². The number of anilines is 1. The number of ether oxygens (including phenoxy) is 2. The molecule has 2 rings (SSSR count). The maximum absolute atomic E-state index is 5.42. The molecule has 0 aliphatic heterocycles. The Morgan fingerprint density at radius 1 is 1.00 bits per heavy atom. The van der Waals surface area contributed by atoms with Gasteiger partial charge in [-0.15, -0.1) is 0 Å². The molecule has 0 unspecified atom stereocenters. The maximum atomic E-state index is 5.42. The molecule has 0 saturated heterocycles. The fraction of sp³-hybridized carbons (Fsp3) is 0.188. The molecule has 0 radical (unpaired) electrons. The molecule has 0 aliphatic rings. The number of nitrogens with one attached hydrogen (secondary N) is 1. The summed E-state index contributed by atoms with van der Waals surface area (Å²) in [7, 11) is 3.24. The fourth-order valence-electron chi connectivity index (χ4n) is 1.80. The van der Waals surface area contributed by atoms with Crippen LogP contribution in [-0.2, 0) is 0 Å². The summed E-state index contributed by atoms with van der Waals surface area (Å²) in [5.41, 5.74) is 3.00. The van der Waals surface area contributed by atoms with Crippen LogP contribution in [0.1, 0.15) is 11.1 Å². The second-order valence-electron chi connectivity index (χ2n) is 4.39. The van der Waals surface area contributed by atoms with Gasteiger partial charge in [-0.1, -0.05) is 42.0 Å². The van der Waals surface area contributed by atoms with E-state index in [0.29, 0.717) is 10.7 Å². The number of hydrogen-bond donors (Lipinski definition) is 1. The minimum atomic E-state index is 0.661. The molecule has 104 valence electrons. The molecule has 0 atom stereocenters. The molecule has 0 spiro atoms. The molecule has 0 aliphatic carbocycles. The van der Waals surface area contributed by atoms with Crippen LogP contribution < -0.4 is 14.8 Å². The molecule has 0 fully saturated rings. The lowest BCUT2D eigenvalue weighted by atomic mass is 10.1. The Bertz CT molecular complexity index is 608. The van der Waals surface area contributed by atoms with E-state index in [1.807, 2.05) is 49.4 Å². The van der Waals surface area contributed by atoms with Gasteiger partial charge in [0.15, 0.2) is 0 Å². The van der Waals surface area contributed by atoms with Gasteiger partial charge < -0.3 is 14.8 Å². The molecular weight excluding hydrogens is 270 g/mol. The van der Waals surface area contributed by atoms with E-state index in [0.717, 1.165) is 17.0 Å². The number of methoxy groups -OCH3 is 2. The third-order valence-electron chi connectivity index (χ3n) is 2.97. The van der Waals surface area contributed by atoms with E-state index in [4.69, 9.17) is 21.7 Å². The molecule has 0 bridgehead atoms. The molecule has 3 nitrogen and oxygen atoms in total. The Balaban J connectivity index is 2.21. The van der Waals surface area contributed by atoms with Crippen LogP contribution in [0.4, 0.5) is 5.69 Å². The van der Waals surface area contributed by atoms with Crippen molar-refractivity contribution in [2.45, 2.75) is 6.92 Å². The highest BCUT2D eigenvalue weighted by molar-refractivity contribution is 7.81. The van der Waals surface area contributed by atoms with E-state index in [1.165, 1.54) is 5.56 Å². The zero-order valence-corrected chi connectivity index (χ0v) is 12.6. The van der Waals surface area contributed by atoms with E-state index in [1.54, 1.807) is 14.2 Å². The monoisotopic (exact) mass is 287 g/mol. The molecule has 1 N–H and O–H groups in total. The summed E-state index contributed by atoms with van der Waals surface area (Å²) in [6.07, 6.45) is 0. The Morgan fingerprint density at radius 2 is 1.70 bits per heavy atom. The van der Waals surface area contributed by atoms with Gasteiger partial charge in [0, 0.05) is 11.6 Å². The predicted octanol–water partition coefficient (Wildman–Crippen LogP) is 3.80. The normalized spacial score (nSPS) is 9.95. The van der Waals surface area contributed by atoms with Crippen molar-refractivity contribution in [1.29, 1.82) is 0 Å². The van der Waals surface area contributed by atoms with Gasteiger partial charge in [0.25, 0.3) is 0 Å². The van der Waals surface area contributed by atoms with E-state index >= 15 is 0 Å². The third kappa shape index (κ3) is 3.27. The molecule has 4 heteroatoms. The first-order valence-electron chi connectivity index (χ1n) is 6.24. The van der Waals surface area contributed by atoms with E-state index in [-0.39, 0.29) is 0 Å². The molecule has 20 heavy (non-hydrogen) atoms. The van der Waals surface area contributed by atoms with Crippen LogP contribution in [0, 0.1) is 6.92 Å². The number of hydrogen-bond acceptors (Lipinski definition) is 3. The summed E-state index contributed by atoms with van der Waals surface area (Å²) in [6, 6.07) is 13.6. The van der Waals surface area contributed by atoms with Crippen LogP contribution in [-0.4, -0.2) is 19.2 Å². The largest absolute Gasteiger partial charge is 0.497 e. The summed E-state index contributed by atoms with van der Waals surface area (Å²) in [4.78, 5) is 0.661. The highest BCUT2D eigenvalue weighted by Crippen LogP contribution is 2.29. The summed E-state index contributed by atoms with van der Waals surface area (Å²) in [5.74, 6) is 1.44. The molecule has 0 saturated carbocycles. The van der Waals surface area contributed by atoms with Crippen LogP contribution in [0.3, 0.4) is 0 Å². The highest BCUT2D eigenvalue weighted by Gasteiger charge is 2.08. The topological polar surface area (TPSA) is 30.5 Å². The highest BCUT2D eigenvalue weighted by atomic mass is 32.1. The van der Waals surface area contributed by atoms with Gasteiger partial charge in [0.05, 0.1) is 19.9 Å². The quantitative estimate of drug-likeness (QED) is 0.866. The summed E-state index contributed by atoms with van der Waals surface area (Å²) in [5, 5.41) is 3.20. The maximum Gasteiger partial charge on any atom is 0.146 e. The molecule has 0 amide bonds. The summed E-state index contributed by atoms with van der Waals surface area (Å²) < 4.78 is 10.5. The van der Waals surface area contributed by atoms with E-state index in [2.05, 4.69) is 5.32 Å². The second kappa shape index (κ2) is 6.39. The van der Waals surface area contributed by atoms with Gasteiger partial charge >= 0.3 is 0 Å². The fourth-order valence-corrected chi connectivity index (χ4v) is 2.05. The molecule has 2 aromatic carbocycles. The zero-order chi connectivity index (χ0) is 14.5. The van der Waals surface area contributed by atoms with Gasteiger partial charge in [-0.3, -0.25) is 0 Å². The van der Waals surface area contributed by atoms with E-state index < -0.39 is 0 Å². The SMILES string of the molecule is COc1ccc(NC(=S)c2ccc(C)cc2)c(OC)c1. The van der Waals surface area contributed by atoms with Crippen molar-refractivity contribution >= 4 is 22.9 Å². The average Bonchev–Trinajstić information content (AvgIpc) is 2.48. The standard InChI is InChI=1S/C16H17NO2S/c1-11-4-6-12(7-5-11)16(20)17-14-9-8-13(18-2)10-15(14)19-3/h4-10H,1-3H3,(H,17,20). The first-order valence-corrected chi connectivity index (χ1v) is 6.65. The van der Waals surface area contributed by atoms with Crippen molar-refractivity contribution < 1.29 is 9.47 Å². The first-order chi connectivity index (χ1) is 9.63. The van der Waals surface area contributed by atoms with Crippen LogP contribution >= 0.6 is 12.2 Å². The van der Waals surface area contributed by atoms with Crippen molar-refractivity contribution in [3.8, 4) is 11.5 Å². The first kappa shape index (κ1) is 14.3. The minimum absolute atomic E-state index is 0.661. The van der Waals surface area contributed by atoms with Gasteiger partial charge in [-0.25, -0.2) is 0 Å². The lowest BCUT2D eigenvalue weighted by Gasteiger charge is -2.13. The van der Waals surface area contributed by atoms with Crippen molar-refractivity contribution in [2.75, 3.05) is 19.5 Å².